The van der Waals surface area contributed by atoms with E-state index in [0.717, 1.165) is 40.9 Å². The minimum absolute atomic E-state index is 0.0339. The predicted octanol–water partition coefficient (Wildman–Crippen LogP) is 5.38. The lowest BCUT2D eigenvalue weighted by molar-refractivity contribution is 0.275. The molecule has 4 nitrogen and oxygen atoms in total. The quantitative estimate of drug-likeness (QED) is 0.585. The Morgan fingerprint density at radius 2 is 1.96 bits per heavy atom. The fourth-order valence-electron chi connectivity index (χ4n) is 3.48. The minimum Gasteiger partial charge on any atom is -0.459 e. The minimum atomic E-state index is -0.0468. The van der Waals surface area contributed by atoms with Gasteiger partial charge in [0.25, 0.3) is 0 Å². The third-order valence-corrected chi connectivity index (χ3v) is 5.31. The first-order valence-electron chi connectivity index (χ1n) is 9.01. The molecule has 1 fully saturated rings. The molecule has 1 aromatic carbocycles. The second-order valence-corrected chi connectivity index (χ2v) is 7.35. The molecule has 27 heavy (non-hydrogen) atoms. The van der Waals surface area contributed by atoms with Crippen LogP contribution in [0.15, 0.2) is 65.2 Å². The van der Waals surface area contributed by atoms with Gasteiger partial charge < -0.3 is 14.6 Å². The third-order valence-electron chi connectivity index (χ3n) is 4.71. The highest BCUT2D eigenvalue weighted by Crippen LogP contribution is 2.40. The summed E-state index contributed by atoms with van der Waals surface area (Å²) < 4.78 is 6.26. The molecular formula is C21H20ClN3OS. The Morgan fingerprint density at radius 1 is 1.15 bits per heavy atom. The van der Waals surface area contributed by atoms with Crippen molar-refractivity contribution in [2.24, 2.45) is 0 Å². The van der Waals surface area contributed by atoms with Gasteiger partial charge in [-0.15, -0.1) is 0 Å². The van der Waals surface area contributed by atoms with E-state index in [-0.39, 0.29) is 12.1 Å². The molecule has 6 heteroatoms. The number of rotatable bonds is 5. The van der Waals surface area contributed by atoms with Gasteiger partial charge in [-0.05, 0) is 67.2 Å². The van der Waals surface area contributed by atoms with Crippen molar-refractivity contribution in [3.05, 3.63) is 77.3 Å². The Bertz CT molecular complexity index is 926. The topological polar surface area (TPSA) is 41.3 Å². The van der Waals surface area contributed by atoms with Crippen LogP contribution in [-0.4, -0.2) is 21.5 Å². The van der Waals surface area contributed by atoms with Gasteiger partial charge in [0.15, 0.2) is 5.11 Å². The van der Waals surface area contributed by atoms with E-state index >= 15 is 0 Å². The smallest absolute Gasteiger partial charge is 0.170 e. The number of furan rings is 1. The largest absolute Gasteiger partial charge is 0.459 e. The molecule has 0 saturated carbocycles. The van der Waals surface area contributed by atoms with Gasteiger partial charge in [0.1, 0.15) is 17.6 Å². The summed E-state index contributed by atoms with van der Waals surface area (Å²) in [5.74, 6) is 1.69. The lowest BCUT2D eigenvalue weighted by atomic mass is 10.0. The van der Waals surface area contributed by atoms with Crippen LogP contribution in [0.4, 0.5) is 0 Å². The number of hydrogen-bond donors (Lipinski definition) is 1. The van der Waals surface area contributed by atoms with Gasteiger partial charge in [0, 0.05) is 23.3 Å². The van der Waals surface area contributed by atoms with Crippen LogP contribution in [0.1, 0.15) is 36.9 Å². The summed E-state index contributed by atoms with van der Waals surface area (Å²) in [6.07, 6.45) is 2.80. The second-order valence-electron chi connectivity index (χ2n) is 6.53. The molecule has 138 valence electrons. The molecule has 1 aliphatic rings. The lowest BCUT2D eigenvalue weighted by Crippen LogP contribution is -2.30. The molecule has 1 saturated heterocycles. The predicted molar refractivity (Wildman–Crippen MR) is 112 cm³/mol. The maximum Gasteiger partial charge on any atom is 0.170 e. The van der Waals surface area contributed by atoms with E-state index in [4.69, 9.17) is 28.2 Å². The molecule has 0 unspecified atom stereocenters. The van der Waals surface area contributed by atoms with Crippen molar-refractivity contribution in [3.8, 4) is 11.3 Å². The molecule has 0 bridgehead atoms. The van der Waals surface area contributed by atoms with Crippen LogP contribution in [0.2, 0.25) is 5.02 Å². The number of hydrogen-bond acceptors (Lipinski definition) is 3. The van der Waals surface area contributed by atoms with E-state index in [1.807, 2.05) is 54.6 Å². The van der Waals surface area contributed by atoms with Crippen molar-refractivity contribution in [2.75, 3.05) is 6.54 Å². The second kappa shape index (κ2) is 7.71. The summed E-state index contributed by atoms with van der Waals surface area (Å²) in [6.45, 7) is 3.01. The maximum absolute atomic E-state index is 6.26. The van der Waals surface area contributed by atoms with E-state index in [1.54, 1.807) is 6.20 Å². The molecule has 3 heterocycles. The maximum atomic E-state index is 6.26. The van der Waals surface area contributed by atoms with Gasteiger partial charge in [0.2, 0.25) is 0 Å². The Hall–Kier alpha value is -2.37. The first-order chi connectivity index (χ1) is 13.2. The summed E-state index contributed by atoms with van der Waals surface area (Å²) in [7, 11) is 0. The normalized spacial score (nSPS) is 19.3. The van der Waals surface area contributed by atoms with Crippen molar-refractivity contribution in [3.63, 3.8) is 0 Å². The molecule has 1 N–H and O–H groups in total. The third kappa shape index (κ3) is 3.57. The molecule has 0 spiro atoms. The molecule has 0 aliphatic carbocycles. The Kier molecular flexibility index (Phi) is 5.14. The molecule has 0 amide bonds. The van der Waals surface area contributed by atoms with E-state index in [2.05, 4.69) is 22.1 Å². The van der Waals surface area contributed by atoms with Crippen molar-refractivity contribution < 1.29 is 4.42 Å². The lowest BCUT2D eigenvalue weighted by Gasteiger charge is -2.25. The number of thiocarbonyl (C=S) groups is 1. The fraction of sp³-hybridized carbons (Fsp3) is 0.238. The van der Waals surface area contributed by atoms with Crippen molar-refractivity contribution in [1.29, 1.82) is 0 Å². The van der Waals surface area contributed by atoms with E-state index < -0.39 is 0 Å². The van der Waals surface area contributed by atoms with Gasteiger partial charge in [-0.25, -0.2) is 0 Å². The van der Waals surface area contributed by atoms with Gasteiger partial charge >= 0.3 is 0 Å². The Morgan fingerprint density at radius 3 is 2.67 bits per heavy atom. The number of aromatic nitrogens is 1. The van der Waals surface area contributed by atoms with Crippen LogP contribution in [0.3, 0.4) is 0 Å². The molecule has 1 aliphatic heterocycles. The standard InChI is InChI=1S/C21H20ClN3OS/c1-2-13-25-20(19(24-21(25)27)16-5-3-4-12-23-16)18-11-10-17(26-18)14-6-8-15(22)9-7-14/h3-12,19-20H,2,13H2,1H3,(H,24,27)/t19-,20+/m0/s1. The van der Waals surface area contributed by atoms with Crippen molar-refractivity contribution in [1.82, 2.24) is 15.2 Å². The molecule has 4 rings (SSSR count). The highest BCUT2D eigenvalue weighted by atomic mass is 35.5. The molecular weight excluding hydrogens is 378 g/mol. The first-order valence-corrected chi connectivity index (χ1v) is 9.79. The number of nitrogens with zero attached hydrogens (tertiary/aromatic N) is 2. The van der Waals surface area contributed by atoms with Gasteiger partial charge in [0.05, 0.1) is 11.7 Å². The van der Waals surface area contributed by atoms with Crippen LogP contribution in [0.5, 0.6) is 0 Å². The molecule has 3 aromatic rings. The first kappa shape index (κ1) is 18.0. The number of halogens is 1. The zero-order valence-electron chi connectivity index (χ0n) is 14.9. The SMILES string of the molecule is CCCN1C(=S)N[C@@H](c2ccccn2)[C@H]1c1ccc(-c2ccc(Cl)cc2)o1. The average molecular weight is 398 g/mol. The van der Waals surface area contributed by atoms with Crippen molar-refractivity contribution >= 4 is 28.9 Å². The van der Waals surface area contributed by atoms with Crippen LogP contribution >= 0.6 is 23.8 Å². The number of nitrogens with one attached hydrogen (secondary N) is 1. The van der Waals surface area contributed by atoms with Gasteiger partial charge in [-0.2, -0.15) is 0 Å². The zero-order valence-corrected chi connectivity index (χ0v) is 16.5. The summed E-state index contributed by atoms with van der Waals surface area (Å²) in [5, 5.41) is 4.87. The highest BCUT2D eigenvalue weighted by Gasteiger charge is 2.41. The Labute approximate surface area is 169 Å². The van der Waals surface area contributed by atoms with Gasteiger partial charge in [-0.3, -0.25) is 4.98 Å². The molecule has 2 atom stereocenters. The van der Waals surface area contributed by atoms with Crippen LogP contribution < -0.4 is 5.32 Å². The molecule has 2 aromatic heterocycles. The number of pyridine rings is 1. The summed E-state index contributed by atoms with van der Waals surface area (Å²) in [6, 6.07) is 17.5. The van der Waals surface area contributed by atoms with E-state index in [0.29, 0.717) is 5.02 Å². The summed E-state index contributed by atoms with van der Waals surface area (Å²) in [4.78, 5) is 6.73. The van der Waals surface area contributed by atoms with Crippen molar-refractivity contribution in [2.45, 2.75) is 25.4 Å². The van der Waals surface area contributed by atoms with Gasteiger partial charge in [-0.1, -0.05) is 24.6 Å². The molecule has 0 radical (unpaired) electrons. The Balaban J connectivity index is 1.71. The monoisotopic (exact) mass is 397 g/mol. The number of benzene rings is 1. The van der Waals surface area contributed by atoms with Crippen LogP contribution in [-0.2, 0) is 0 Å². The summed E-state index contributed by atoms with van der Waals surface area (Å²) in [5.41, 5.74) is 1.95. The highest BCUT2D eigenvalue weighted by molar-refractivity contribution is 7.80. The van der Waals surface area contributed by atoms with Crippen LogP contribution in [0.25, 0.3) is 11.3 Å². The fourth-order valence-corrected chi connectivity index (χ4v) is 3.94. The van der Waals surface area contributed by atoms with E-state index in [1.165, 1.54) is 0 Å². The summed E-state index contributed by atoms with van der Waals surface area (Å²) >= 11 is 11.6. The van der Waals surface area contributed by atoms with Crippen LogP contribution in [0, 0.1) is 0 Å². The van der Waals surface area contributed by atoms with E-state index in [9.17, 15) is 0 Å². The average Bonchev–Trinajstić information content (AvgIpc) is 3.29. The zero-order chi connectivity index (χ0) is 18.8.